The molecule has 6 nitrogen and oxygen atoms in total. The molecule has 2 heterocycles. The van der Waals surface area contributed by atoms with Crippen molar-refractivity contribution in [2.75, 3.05) is 11.9 Å². The minimum atomic E-state index is -0.0993. The number of aromatic nitrogens is 3. The van der Waals surface area contributed by atoms with Crippen LogP contribution in [0.25, 0.3) is 0 Å². The van der Waals surface area contributed by atoms with Crippen LogP contribution in [-0.4, -0.2) is 33.7 Å². The van der Waals surface area contributed by atoms with Gasteiger partial charge in [0.15, 0.2) is 0 Å². The van der Waals surface area contributed by atoms with Crippen molar-refractivity contribution >= 4 is 11.9 Å². The summed E-state index contributed by atoms with van der Waals surface area (Å²) in [4.78, 5) is 16.5. The SMILES string of the molecule is Cc1nnc(NC(=O)C2NCC3CCCC32)nc1C. The molecule has 1 aliphatic carbocycles. The van der Waals surface area contributed by atoms with E-state index in [9.17, 15) is 4.79 Å². The molecule has 1 aromatic rings. The molecule has 1 amide bonds. The lowest BCUT2D eigenvalue weighted by molar-refractivity contribution is -0.118. The second-order valence-corrected chi connectivity index (χ2v) is 5.54. The van der Waals surface area contributed by atoms with Crippen LogP contribution in [0.5, 0.6) is 0 Å². The summed E-state index contributed by atoms with van der Waals surface area (Å²) < 4.78 is 0. The molecule has 2 aliphatic rings. The van der Waals surface area contributed by atoms with E-state index in [0.29, 0.717) is 17.8 Å². The van der Waals surface area contributed by atoms with Crippen LogP contribution in [0.1, 0.15) is 30.7 Å². The van der Waals surface area contributed by atoms with Gasteiger partial charge in [-0.3, -0.25) is 10.1 Å². The van der Waals surface area contributed by atoms with E-state index < -0.39 is 0 Å². The molecule has 19 heavy (non-hydrogen) atoms. The zero-order valence-corrected chi connectivity index (χ0v) is 11.3. The number of amides is 1. The lowest BCUT2D eigenvalue weighted by atomic mass is 9.94. The number of anilines is 1. The van der Waals surface area contributed by atoms with Crippen LogP contribution < -0.4 is 10.6 Å². The van der Waals surface area contributed by atoms with Gasteiger partial charge in [0.1, 0.15) is 0 Å². The lowest BCUT2D eigenvalue weighted by Gasteiger charge is -2.16. The molecule has 102 valence electrons. The molecule has 6 heteroatoms. The standard InChI is InChI=1S/C13H19N5O/c1-7-8(2)17-18-13(15-7)16-12(19)11-10-5-3-4-9(10)6-14-11/h9-11,14H,3-6H2,1-2H3,(H,15,16,18,19). The van der Waals surface area contributed by atoms with Gasteiger partial charge in [-0.2, -0.15) is 5.10 Å². The van der Waals surface area contributed by atoms with Gasteiger partial charge in [-0.05, 0) is 45.1 Å². The molecule has 1 saturated heterocycles. The van der Waals surface area contributed by atoms with Crippen LogP contribution in [-0.2, 0) is 4.79 Å². The highest BCUT2D eigenvalue weighted by atomic mass is 16.2. The van der Waals surface area contributed by atoms with E-state index in [1.165, 1.54) is 12.8 Å². The summed E-state index contributed by atoms with van der Waals surface area (Å²) in [5, 5.41) is 14.0. The predicted molar refractivity (Wildman–Crippen MR) is 70.6 cm³/mol. The summed E-state index contributed by atoms with van der Waals surface area (Å²) in [5.41, 5.74) is 1.58. The van der Waals surface area contributed by atoms with Gasteiger partial charge >= 0.3 is 0 Å². The van der Waals surface area contributed by atoms with E-state index in [2.05, 4.69) is 25.8 Å². The fourth-order valence-electron chi connectivity index (χ4n) is 3.17. The second kappa shape index (κ2) is 4.85. The molecule has 1 aliphatic heterocycles. The molecule has 3 unspecified atom stereocenters. The van der Waals surface area contributed by atoms with Crippen molar-refractivity contribution in [1.29, 1.82) is 0 Å². The van der Waals surface area contributed by atoms with Gasteiger partial charge in [0.2, 0.25) is 11.9 Å². The molecule has 1 saturated carbocycles. The largest absolute Gasteiger partial charge is 0.305 e. The number of carbonyl (C=O) groups excluding carboxylic acids is 1. The smallest absolute Gasteiger partial charge is 0.249 e. The monoisotopic (exact) mass is 261 g/mol. The normalized spacial score (nSPS) is 29.3. The van der Waals surface area contributed by atoms with Crippen molar-refractivity contribution in [2.45, 2.75) is 39.2 Å². The third kappa shape index (κ3) is 2.32. The Hall–Kier alpha value is -1.56. The van der Waals surface area contributed by atoms with Crippen molar-refractivity contribution in [3.8, 4) is 0 Å². The summed E-state index contributed by atoms with van der Waals surface area (Å²) in [6, 6.07) is -0.0993. The molecule has 0 spiro atoms. The van der Waals surface area contributed by atoms with Crippen LogP contribution in [0.15, 0.2) is 0 Å². The average Bonchev–Trinajstić information content (AvgIpc) is 2.95. The maximum Gasteiger partial charge on any atom is 0.249 e. The van der Waals surface area contributed by atoms with Gasteiger partial charge in [-0.25, -0.2) is 4.98 Å². The molecule has 0 radical (unpaired) electrons. The fraction of sp³-hybridized carbons (Fsp3) is 0.692. The van der Waals surface area contributed by atoms with Gasteiger partial charge in [0.25, 0.3) is 0 Å². The highest BCUT2D eigenvalue weighted by Crippen LogP contribution is 2.37. The number of hydrogen-bond acceptors (Lipinski definition) is 5. The Morgan fingerprint density at radius 1 is 1.26 bits per heavy atom. The predicted octanol–water partition coefficient (Wildman–Crippen LogP) is 0.815. The lowest BCUT2D eigenvalue weighted by Crippen LogP contribution is -2.40. The molecule has 3 rings (SSSR count). The van der Waals surface area contributed by atoms with E-state index in [4.69, 9.17) is 0 Å². The van der Waals surface area contributed by atoms with E-state index in [0.717, 1.165) is 24.4 Å². The van der Waals surface area contributed by atoms with Gasteiger partial charge in [0, 0.05) is 0 Å². The summed E-state index contributed by atoms with van der Waals surface area (Å²) in [6.07, 6.45) is 3.62. The van der Waals surface area contributed by atoms with Crippen LogP contribution in [0.2, 0.25) is 0 Å². The van der Waals surface area contributed by atoms with Crippen LogP contribution in [0.4, 0.5) is 5.95 Å². The van der Waals surface area contributed by atoms with Crippen molar-refractivity contribution in [3.05, 3.63) is 11.4 Å². The van der Waals surface area contributed by atoms with Crippen molar-refractivity contribution in [3.63, 3.8) is 0 Å². The first-order valence-electron chi connectivity index (χ1n) is 6.87. The minimum Gasteiger partial charge on any atom is -0.305 e. The van der Waals surface area contributed by atoms with Crippen LogP contribution in [0, 0.1) is 25.7 Å². The third-order valence-electron chi connectivity index (χ3n) is 4.36. The summed E-state index contributed by atoms with van der Waals surface area (Å²) >= 11 is 0. The van der Waals surface area contributed by atoms with E-state index >= 15 is 0 Å². The molecule has 0 aromatic carbocycles. The molecule has 3 atom stereocenters. The number of hydrogen-bond donors (Lipinski definition) is 2. The molecule has 2 fully saturated rings. The van der Waals surface area contributed by atoms with Gasteiger partial charge in [-0.1, -0.05) is 6.42 Å². The number of nitrogens with zero attached hydrogens (tertiary/aromatic N) is 3. The first kappa shape index (κ1) is 12.5. The van der Waals surface area contributed by atoms with E-state index in [1.54, 1.807) is 0 Å². The van der Waals surface area contributed by atoms with E-state index in [-0.39, 0.29) is 11.9 Å². The Bertz CT molecular complexity index is 504. The first-order valence-corrected chi connectivity index (χ1v) is 6.87. The number of rotatable bonds is 2. The Morgan fingerprint density at radius 3 is 2.89 bits per heavy atom. The van der Waals surface area contributed by atoms with Gasteiger partial charge in [0.05, 0.1) is 17.4 Å². The number of nitrogens with one attached hydrogen (secondary N) is 2. The van der Waals surface area contributed by atoms with E-state index in [1.807, 2.05) is 13.8 Å². The fourth-order valence-corrected chi connectivity index (χ4v) is 3.17. The van der Waals surface area contributed by atoms with Crippen molar-refractivity contribution in [2.24, 2.45) is 11.8 Å². The zero-order chi connectivity index (χ0) is 13.4. The molecule has 0 bridgehead atoms. The maximum atomic E-state index is 12.3. The first-order chi connectivity index (χ1) is 9.15. The Kier molecular flexibility index (Phi) is 3.18. The average molecular weight is 261 g/mol. The van der Waals surface area contributed by atoms with Gasteiger partial charge in [-0.15, -0.1) is 5.10 Å². The van der Waals surface area contributed by atoms with Crippen molar-refractivity contribution < 1.29 is 4.79 Å². The van der Waals surface area contributed by atoms with Crippen molar-refractivity contribution in [1.82, 2.24) is 20.5 Å². The molecule has 1 aromatic heterocycles. The maximum absolute atomic E-state index is 12.3. The quantitative estimate of drug-likeness (QED) is 0.823. The topological polar surface area (TPSA) is 79.8 Å². The molecular weight excluding hydrogens is 242 g/mol. The highest BCUT2D eigenvalue weighted by molar-refractivity contribution is 5.93. The van der Waals surface area contributed by atoms with Crippen LogP contribution >= 0.6 is 0 Å². The highest BCUT2D eigenvalue weighted by Gasteiger charge is 2.42. The molecular formula is C13H19N5O. The van der Waals surface area contributed by atoms with Gasteiger partial charge < -0.3 is 5.32 Å². The number of aryl methyl sites for hydroxylation is 2. The Morgan fingerprint density at radius 2 is 2.11 bits per heavy atom. The third-order valence-corrected chi connectivity index (χ3v) is 4.36. The zero-order valence-electron chi connectivity index (χ0n) is 11.3. The number of fused-ring (bicyclic) bond motifs is 1. The minimum absolute atomic E-state index is 0.0283. The van der Waals surface area contributed by atoms with Crippen LogP contribution in [0.3, 0.4) is 0 Å². The Labute approximate surface area is 112 Å². The summed E-state index contributed by atoms with van der Waals surface area (Å²) in [6.45, 7) is 4.66. The summed E-state index contributed by atoms with van der Waals surface area (Å²) in [5.74, 6) is 1.41. The Balaban J connectivity index is 1.69. The summed E-state index contributed by atoms with van der Waals surface area (Å²) in [7, 11) is 0. The second-order valence-electron chi connectivity index (χ2n) is 5.54. The number of carbonyl (C=O) groups is 1. The molecule has 2 N–H and O–H groups in total.